The lowest BCUT2D eigenvalue weighted by molar-refractivity contribution is 0.0696. The third-order valence-electron chi connectivity index (χ3n) is 4.82. The molecule has 23 heavy (non-hydrogen) atoms. The predicted octanol–water partition coefficient (Wildman–Crippen LogP) is 3.61. The second-order valence-corrected chi connectivity index (χ2v) is 6.32. The summed E-state index contributed by atoms with van der Waals surface area (Å²) in [5.74, 6) is -0.289. The number of para-hydroxylation sites is 1. The third-order valence-corrected chi connectivity index (χ3v) is 4.82. The van der Waals surface area contributed by atoms with E-state index in [0.717, 1.165) is 36.9 Å². The van der Waals surface area contributed by atoms with Crippen LogP contribution in [-0.4, -0.2) is 21.3 Å². The third kappa shape index (κ3) is 2.61. The Kier molecular flexibility index (Phi) is 3.37. The first-order valence-electron chi connectivity index (χ1n) is 7.98. The van der Waals surface area contributed by atoms with E-state index in [2.05, 4.69) is 22.3 Å². The minimum atomic E-state index is -0.849. The van der Waals surface area contributed by atoms with Gasteiger partial charge < -0.3 is 5.11 Å². The molecule has 2 aromatic carbocycles. The van der Waals surface area contributed by atoms with Crippen LogP contribution < -0.4 is 0 Å². The van der Waals surface area contributed by atoms with Crippen molar-refractivity contribution in [2.75, 3.05) is 0 Å². The molecule has 0 aliphatic heterocycles. The van der Waals surface area contributed by atoms with Gasteiger partial charge in [0.25, 0.3) is 0 Å². The Morgan fingerprint density at radius 2 is 2.09 bits per heavy atom. The fourth-order valence-electron chi connectivity index (χ4n) is 3.59. The first kappa shape index (κ1) is 14.0. The molecule has 0 saturated heterocycles. The summed E-state index contributed by atoms with van der Waals surface area (Å²) in [6.45, 7) is 0. The maximum Gasteiger partial charge on any atom is 0.335 e. The van der Waals surface area contributed by atoms with Gasteiger partial charge >= 0.3 is 5.97 Å². The van der Waals surface area contributed by atoms with Crippen molar-refractivity contribution >= 4 is 16.9 Å². The summed E-state index contributed by atoms with van der Waals surface area (Å²) >= 11 is 0. The van der Waals surface area contributed by atoms with E-state index in [9.17, 15) is 4.79 Å². The summed E-state index contributed by atoms with van der Waals surface area (Å²) in [4.78, 5) is 11.1. The lowest BCUT2D eigenvalue weighted by Gasteiger charge is -2.24. The van der Waals surface area contributed by atoms with Crippen LogP contribution in [0.1, 0.15) is 33.6 Å². The van der Waals surface area contributed by atoms with Crippen LogP contribution in [0, 0.1) is 5.92 Å². The number of aromatic amines is 1. The number of carboxylic acids is 1. The zero-order chi connectivity index (χ0) is 15.8. The molecule has 0 radical (unpaired) electrons. The molecule has 4 nitrogen and oxygen atoms in total. The molecule has 1 aromatic heterocycles. The van der Waals surface area contributed by atoms with Gasteiger partial charge in [-0.3, -0.25) is 5.10 Å². The number of hydrogen-bond acceptors (Lipinski definition) is 2. The Morgan fingerprint density at radius 3 is 2.96 bits per heavy atom. The van der Waals surface area contributed by atoms with Gasteiger partial charge in [-0.25, -0.2) is 4.79 Å². The van der Waals surface area contributed by atoms with E-state index in [-0.39, 0.29) is 0 Å². The Balaban J connectivity index is 1.55. The minimum absolute atomic E-state index is 0.389. The summed E-state index contributed by atoms with van der Waals surface area (Å²) in [6.07, 6.45) is 3.99. The van der Waals surface area contributed by atoms with E-state index < -0.39 is 5.97 Å². The zero-order valence-corrected chi connectivity index (χ0v) is 12.7. The van der Waals surface area contributed by atoms with Crippen LogP contribution in [-0.2, 0) is 19.3 Å². The van der Waals surface area contributed by atoms with Crippen molar-refractivity contribution in [2.45, 2.75) is 25.7 Å². The van der Waals surface area contributed by atoms with Gasteiger partial charge in [-0.15, -0.1) is 0 Å². The number of benzene rings is 2. The van der Waals surface area contributed by atoms with E-state index >= 15 is 0 Å². The molecule has 1 heterocycles. The number of hydrogen-bond donors (Lipinski definition) is 2. The second kappa shape index (κ2) is 5.54. The van der Waals surface area contributed by atoms with E-state index in [4.69, 9.17) is 5.11 Å². The molecule has 1 aliphatic rings. The molecule has 2 N–H and O–H groups in total. The quantitative estimate of drug-likeness (QED) is 0.777. The molecule has 1 atom stereocenters. The minimum Gasteiger partial charge on any atom is -0.478 e. The molecule has 1 unspecified atom stereocenters. The largest absolute Gasteiger partial charge is 0.478 e. The Bertz CT molecular complexity index is 882. The first-order valence-corrected chi connectivity index (χ1v) is 7.98. The number of rotatable bonds is 3. The SMILES string of the molecule is O=C(O)c1ccc2c(c1)CCC(Cc1n[nH]c3ccccc13)C2. The van der Waals surface area contributed by atoms with Crippen molar-refractivity contribution < 1.29 is 9.90 Å². The lowest BCUT2D eigenvalue weighted by atomic mass is 9.81. The highest BCUT2D eigenvalue weighted by Crippen LogP contribution is 2.30. The van der Waals surface area contributed by atoms with Crippen molar-refractivity contribution in [3.63, 3.8) is 0 Å². The Hall–Kier alpha value is -2.62. The van der Waals surface area contributed by atoms with Gasteiger partial charge in [0, 0.05) is 5.39 Å². The van der Waals surface area contributed by atoms with E-state index in [1.54, 1.807) is 6.07 Å². The number of nitrogens with zero attached hydrogens (tertiary/aromatic N) is 1. The number of fused-ring (bicyclic) bond motifs is 2. The van der Waals surface area contributed by atoms with Crippen LogP contribution >= 0.6 is 0 Å². The van der Waals surface area contributed by atoms with Crippen LogP contribution in [0.3, 0.4) is 0 Å². The monoisotopic (exact) mass is 306 g/mol. The number of H-pyrrole nitrogens is 1. The molecule has 4 heteroatoms. The van der Waals surface area contributed by atoms with Crippen molar-refractivity contribution in [1.29, 1.82) is 0 Å². The summed E-state index contributed by atoms with van der Waals surface area (Å²) in [5, 5.41) is 17.9. The molecule has 3 aromatic rings. The second-order valence-electron chi connectivity index (χ2n) is 6.32. The van der Waals surface area contributed by atoms with Gasteiger partial charge in [0.15, 0.2) is 0 Å². The maximum atomic E-state index is 11.1. The van der Waals surface area contributed by atoms with Crippen LogP contribution in [0.5, 0.6) is 0 Å². The molecule has 0 amide bonds. The Labute approximate surface area is 134 Å². The average molecular weight is 306 g/mol. The van der Waals surface area contributed by atoms with Crippen molar-refractivity contribution in [2.24, 2.45) is 5.92 Å². The van der Waals surface area contributed by atoms with Gasteiger partial charge in [-0.2, -0.15) is 5.10 Å². The van der Waals surface area contributed by atoms with Crippen LogP contribution in [0.2, 0.25) is 0 Å². The van der Waals surface area contributed by atoms with E-state index in [1.807, 2.05) is 24.3 Å². The maximum absolute atomic E-state index is 11.1. The molecule has 0 spiro atoms. The summed E-state index contributed by atoms with van der Waals surface area (Å²) in [7, 11) is 0. The topological polar surface area (TPSA) is 66.0 Å². The fraction of sp³-hybridized carbons (Fsp3) is 0.263. The fourth-order valence-corrected chi connectivity index (χ4v) is 3.59. The van der Waals surface area contributed by atoms with Crippen molar-refractivity contribution in [1.82, 2.24) is 10.2 Å². The highest BCUT2D eigenvalue weighted by atomic mass is 16.4. The molecule has 0 fully saturated rings. The van der Waals surface area contributed by atoms with E-state index in [0.29, 0.717) is 11.5 Å². The number of carbonyl (C=O) groups is 1. The van der Waals surface area contributed by atoms with E-state index in [1.165, 1.54) is 16.5 Å². The lowest BCUT2D eigenvalue weighted by Crippen LogP contribution is -2.17. The standard InChI is InChI=1S/C19H18N2O2/c22-19(23)15-8-7-13-9-12(5-6-14(13)11-15)10-18-16-3-1-2-4-17(16)20-21-18/h1-4,7-8,11-12H,5-6,9-10H2,(H,20,21)(H,22,23). The van der Waals surface area contributed by atoms with Gasteiger partial charge in [-0.1, -0.05) is 24.3 Å². The molecule has 4 rings (SSSR count). The van der Waals surface area contributed by atoms with Gasteiger partial charge in [0.05, 0.1) is 16.8 Å². The number of carboxylic acid groups (broad SMARTS) is 1. The van der Waals surface area contributed by atoms with Crippen molar-refractivity contribution in [3.8, 4) is 0 Å². The highest BCUT2D eigenvalue weighted by molar-refractivity contribution is 5.88. The molecular weight excluding hydrogens is 288 g/mol. The molecule has 116 valence electrons. The van der Waals surface area contributed by atoms with Gasteiger partial charge in [0.2, 0.25) is 0 Å². The van der Waals surface area contributed by atoms with Crippen LogP contribution in [0.15, 0.2) is 42.5 Å². The molecular formula is C19H18N2O2. The van der Waals surface area contributed by atoms with Crippen LogP contribution in [0.25, 0.3) is 10.9 Å². The van der Waals surface area contributed by atoms with Gasteiger partial charge in [0.1, 0.15) is 0 Å². The predicted molar refractivity (Wildman–Crippen MR) is 88.7 cm³/mol. The van der Waals surface area contributed by atoms with Crippen molar-refractivity contribution in [3.05, 3.63) is 64.8 Å². The smallest absolute Gasteiger partial charge is 0.335 e. The first-order chi connectivity index (χ1) is 11.2. The average Bonchev–Trinajstić information content (AvgIpc) is 2.97. The molecule has 0 saturated carbocycles. The Morgan fingerprint density at radius 1 is 1.22 bits per heavy atom. The molecule has 0 bridgehead atoms. The summed E-state index contributed by atoms with van der Waals surface area (Å²) in [6, 6.07) is 13.8. The number of aryl methyl sites for hydroxylation is 1. The van der Waals surface area contributed by atoms with Gasteiger partial charge in [-0.05, 0) is 60.9 Å². The normalized spacial score (nSPS) is 17.1. The summed E-state index contributed by atoms with van der Waals surface area (Å²) in [5.41, 5.74) is 5.08. The zero-order valence-electron chi connectivity index (χ0n) is 12.7. The number of aromatic carboxylic acids is 1. The molecule has 1 aliphatic carbocycles. The van der Waals surface area contributed by atoms with Crippen LogP contribution in [0.4, 0.5) is 0 Å². The number of nitrogens with one attached hydrogen (secondary N) is 1. The highest BCUT2D eigenvalue weighted by Gasteiger charge is 2.21. The number of aromatic nitrogens is 2. The summed E-state index contributed by atoms with van der Waals surface area (Å²) < 4.78 is 0.